The Morgan fingerprint density at radius 2 is 1.08 bits per heavy atom. The molecular formula is C48H42F2N4O6. The Labute approximate surface area is 345 Å². The number of nitrogens with zero attached hydrogens (tertiary/aromatic N) is 4. The van der Waals surface area contributed by atoms with Gasteiger partial charge < -0.3 is 28.5 Å². The summed E-state index contributed by atoms with van der Waals surface area (Å²) in [5.41, 5.74) is 7.28. The van der Waals surface area contributed by atoms with Gasteiger partial charge in [-0.1, -0.05) is 59.7 Å². The van der Waals surface area contributed by atoms with Gasteiger partial charge in [-0.15, -0.1) is 0 Å². The molecule has 0 bridgehead atoms. The van der Waals surface area contributed by atoms with Gasteiger partial charge in [-0.2, -0.15) is 0 Å². The number of rotatable bonds is 11. The minimum absolute atomic E-state index is 0.0696. The molecule has 10 nitrogen and oxygen atoms in total. The molecule has 12 heteroatoms. The first kappa shape index (κ1) is 40.8. The first-order chi connectivity index (χ1) is 29.1. The molecule has 0 amide bonds. The van der Waals surface area contributed by atoms with Gasteiger partial charge in [0.05, 0.1) is 33.9 Å². The van der Waals surface area contributed by atoms with Crippen LogP contribution in [0.1, 0.15) is 50.2 Å². The number of ether oxygens (including phenoxy) is 3. The molecule has 0 atom stereocenters. The van der Waals surface area contributed by atoms with E-state index in [1.54, 1.807) is 85.6 Å². The van der Waals surface area contributed by atoms with Crippen molar-refractivity contribution in [3.05, 3.63) is 167 Å². The van der Waals surface area contributed by atoms with E-state index in [1.807, 2.05) is 60.9 Å². The lowest BCUT2D eigenvalue weighted by molar-refractivity contribution is 0.0515. The second-order valence-corrected chi connectivity index (χ2v) is 14.0. The van der Waals surface area contributed by atoms with Crippen LogP contribution < -0.4 is 9.47 Å². The molecule has 8 rings (SSSR count). The minimum atomic E-state index is -1.10. The molecule has 4 aromatic heterocycles. The molecule has 60 heavy (non-hydrogen) atoms. The highest BCUT2D eigenvalue weighted by molar-refractivity contribution is 6.10. The second-order valence-electron chi connectivity index (χ2n) is 14.0. The molecule has 0 radical (unpaired) electrons. The minimum Gasteiger partial charge on any atom is -0.481 e. The highest BCUT2D eigenvalue weighted by Crippen LogP contribution is 2.41. The summed E-state index contributed by atoms with van der Waals surface area (Å²) in [4.78, 5) is 34.1. The Morgan fingerprint density at radius 1 is 0.633 bits per heavy atom. The van der Waals surface area contributed by atoms with E-state index in [9.17, 15) is 23.5 Å². The summed E-state index contributed by atoms with van der Waals surface area (Å²) in [5, 5.41) is 11.7. The number of halogens is 2. The monoisotopic (exact) mass is 808 g/mol. The zero-order valence-corrected chi connectivity index (χ0v) is 33.7. The number of carboxylic acid groups (broad SMARTS) is 1. The van der Waals surface area contributed by atoms with Gasteiger partial charge >= 0.3 is 11.9 Å². The number of esters is 1. The van der Waals surface area contributed by atoms with Gasteiger partial charge in [-0.3, -0.25) is 0 Å². The first-order valence-electron chi connectivity index (χ1n) is 19.2. The van der Waals surface area contributed by atoms with Gasteiger partial charge in [0.25, 0.3) is 0 Å². The molecule has 0 aliphatic rings. The summed E-state index contributed by atoms with van der Waals surface area (Å²) < 4.78 is 48.6. The number of carboxylic acids is 1. The number of aryl methyl sites for hydroxylation is 2. The number of pyridine rings is 2. The number of hydrogen-bond acceptors (Lipinski definition) is 7. The second kappa shape index (κ2) is 17.7. The van der Waals surface area contributed by atoms with E-state index in [0.717, 1.165) is 27.4 Å². The van der Waals surface area contributed by atoms with E-state index in [-0.39, 0.29) is 37.0 Å². The van der Waals surface area contributed by atoms with Gasteiger partial charge in [0.15, 0.2) is 0 Å². The summed E-state index contributed by atoms with van der Waals surface area (Å²) in [7, 11) is 3.04. The predicted molar refractivity (Wildman–Crippen MR) is 227 cm³/mol. The van der Waals surface area contributed by atoms with Crippen molar-refractivity contribution in [2.75, 3.05) is 20.8 Å². The van der Waals surface area contributed by atoms with E-state index in [0.29, 0.717) is 56.4 Å². The van der Waals surface area contributed by atoms with Crippen LogP contribution in [0.4, 0.5) is 8.78 Å². The van der Waals surface area contributed by atoms with Crippen LogP contribution in [0.2, 0.25) is 0 Å². The van der Waals surface area contributed by atoms with E-state index in [4.69, 9.17) is 14.2 Å². The molecule has 0 saturated carbocycles. The summed E-state index contributed by atoms with van der Waals surface area (Å²) in [6.07, 6.45) is 3.22. The van der Waals surface area contributed by atoms with Crippen LogP contribution in [0.25, 0.3) is 44.1 Å². The maximum absolute atomic E-state index is 14.5. The molecule has 1 N–H and O–H groups in total. The van der Waals surface area contributed by atoms with Crippen molar-refractivity contribution in [1.29, 1.82) is 0 Å². The summed E-state index contributed by atoms with van der Waals surface area (Å²) in [6.45, 7) is 6.19. The van der Waals surface area contributed by atoms with Crippen molar-refractivity contribution in [1.82, 2.24) is 19.1 Å². The Kier molecular flexibility index (Phi) is 12.0. The first-order valence-corrected chi connectivity index (χ1v) is 19.2. The number of methoxy groups -OCH3 is 2. The molecule has 8 aromatic rings. The van der Waals surface area contributed by atoms with Crippen LogP contribution in [0.15, 0.2) is 122 Å². The normalized spacial score (nSPS) is 11.0. The van der Waals surface area contributed by atoms with E-state index in [1.165, 1.54) is 19.2 Å². The van der Waals surface area contributed by atoms with Crippen molar-refractivity contribution >= 4 is 33.7 Å². The van der Waals surface area contributed by atoms with E-state index < -0.39 is 11.9 Å². The summed E-state index contributed by atoms with van der Waals surface area (Å²) in [6, 6.07) is 31.7. The van der Waals surface area contributed by atoms with Crippen molar-refractivity contribution in [2.45, 2.75) is 33.9 Å². The molecule has 0 fully saturated rings. The van der Waals surface area contributed by atoms with Crippen LogP contribution in [0.5, 0.6) is 11.8 Å². The third-order valence-corrected chi connectivity index (χ3v) is 10.1. The number of carbonyl (C=O) groups is 2. The van der Waals surface area contributed by atoms with Gasteiger partial charge in [-0.25, -0.2) is 28.3 Å². The molecular weight excluding hydrogens is 767 g/mol. The average Bonchev–Trinajstić information content (AvgIpc) is 3.74. The highest BCUT2D eigenvalue weighted by Gasteiger charge is 2.29. The SMILES string of the molecule is CCOC(=O)c1c(-c2cccnc2OC)c2cc(C)ccc2n1Cc1ccccc1F.COc1ncccc1-c1c(C(=O)O)n(Cc2ccccc2F)c2ccc(C)cc12. The Morgan fingerprint density at radius 3 is 1.52 bits per heavy atom. The van der Waals surface area contributed by atoms with Crippen LogP contribution in [0.3, 0.4) is 0 Å². The van der Waals surface area contributed by atoms with Crippen LogP contribution in [-0.2, 0) is 17.8 Å². The van der Waals surface area contributed by atoms with Crippen LogP contribution in [-0.4, -0.2) is 57.0 Å². The van der Waals surface area contributed by atoms with Gasteiger partial charge in [0.1, 0.15) is 23.0 Å². The maximum Gasteiger partial charge on any atom is 0.355 e. The third kappa shape index (κ3) is 7.91. The Balaban J connectivity index is 0.000000182. The topological polar surface area (TPSA) is 118 Å². The fraction of sp³-hybridized carbons (Fsp3) is 0.167. The maximum atomic E-state index is 14.5. The van der Waals surface area contributed by atoms with Crippen molar-refractivity contribution in [2.24, 2.45) is 0 Å². The summed E-state index contributed by atoms with van der Waals surface area (Å²) >= 11 is 0. The smallest absolute Gasteiger partial charge is 0.355 e. The lowest BCUT2D eigenvalue weighted by Crippen LogP contribution is -2.14. The zero-order valence-electron chi connectivity index (χ0n) is 33.7. The average molecular weight is 809 g/mol. The molecule has 0 unspecified atom stereocenters. The number of aromatic carboxylic acids is 1. The number of carbonyl (C=O) groups excluding carboxylic acids is 1. The highest BCUT2D eigenvalue weighted by atomic mass is 19.1. The van der Waals surface area contributed by atoms with Gasteiger partial charge in [0.2, 0.25) is 11.8 Å². The predicted octanol–water partition coefficient (Wildman–Crippen LogP) is 10.3. The fourth-order valence-electron chi connectivity index (χ4n) is 7.53. The van der Waals surface area contributed by atoms with Gasteiger partial charge in [-0.05, 0) is 81.4 Å². The molecule has 304 valence electrons. The largest absolute Gasteiger partial charge is 0.481 e. The molecule has 0 saturated heterocycles. The fourth-order valence-corrected chi connectivity index (χ4v) is 7.53. The van der Waals surface area contributed by atoms with E-state index >= 15 is 0 Å². The van der Waals surface area contributed by atoms with E-state index in [2.05, 4.69) is 9.97 Å². The number of hydrogen-bond donors (Lipinski definition) is 1. The molecule has 4 heterocycles. The number of benzene rings is 4. The molecule has 0 aliphatic heterocycles. The van der Waals surface area contributed by atoms with Crippen molar-refractivity contribution in [3.8, 4) is 34.0 Å². The molecule has 4 aromatic carbocycles. The molecule has 0 spiro atoms. The summed E-state index contributed by atoms with van der Waals surface area (Å²) in [5.74, 6) is -1.55. The van der Waals surface area contributed by atoms with Crippen LogP contribution in [0, 0.1) is 25.5 Å². The number of aromatic nitrogens is 4. The zero-order chi connectivity index (χ0) is 42.5. The van der Waals surface area contributed by atoms with Crippen LogP contribution >= 0.6 is 0 Å². The van der Waals surface area contributed by atoms with Gasteiger partial charge in [0, 0.05) is 67.6 Å². The standard InChI is InChI=1S/C25H23FN2O3.C23H19FN2O3/c1-4-31-25(29)23-22(18-9-7-13-27-24(18)30-3)19-14-16(2)11-12-21(19)28(23)15-17-8-5-6-10-20(17)26;1-14-9-10-19-17(12-14)20(16-7-5-11-25-22(16)29-2)21(23(27)28)26(19)13-15-6-3-4-8-18(15)24/h5-14H,4,15H2,1-3H3;3-12H,13H2,1-2H3,(H,27,28). The molecule has 0 aliphatic carbocycles. The van der Waals surface area contributed by atoms with Crippen molar-refractivity contribution in [3.63, 3.8) is 0 Å². The Hall–Kier alpha value is -7.34. The quantitative estimate of drug-likeness (QED) is 0.128. The Bertz CT molecular complexity index is 2880. The lowest BCUT2D eigenvalue weighted by atomic mass is 10.0. The van der Waals surface area contributed by atoms with Crippen molar-refractivity contribution < 1.29 is 37.7 Å². The third-order valence-electron chi connectivity index (χ3n) is 10.1. The lowest BCUT2D eigenvalue weighted by Gasteiger charge is -2.13. The number of fused-ring (bicyclic) bond motifs is 2.